The molecule has 190 valence electrons. The first-order chi connectivity index (χ1) is 17.8. The fourth-order valence-electron chi connectivity index (χ4n) is 5.55. The van der Waals surface area contributed by atoms with Crippen molar-refractivity contribution in [3.8, 4) is 39.6 Å². The van der Waals surface area contributed by atoms with Crippen LogP contribution in [0.4, 0.5) is 10.1 Å². The van der Waals surface area contributed by atoms with Crippen LogP contribution >= 0.6 is 0 Å². The Balaban J connectivity index is 1.69. The summed E-state index contributed by atoms with van der Waals surface area (Å²) in [5.41, 5.74) is 7.92. The van der Waals surface area contributed by atoms with Crippen LogP contribution in [0, 0.1) is 12.4 Å². The second kappa shape index (κ2) is 9.71. The Morgan fingerprint density at radius 2 is 1.76 bits per heavy atom. The van der Waals surface area contributed by atoms with Crippen molar-refractivity contribution in [1.29, 1.82) is 0 Å². The van der Waals surface area contributed by atoms with Gasteiger partial charge in [0.1, 0.15) is 17.3 Å². The van der Waals surface area contributed by atoms with E-state index in [2.05, 4.69) is 4.85 Å². The van der Waals surface area contributed by atoms with E-state index in [1.165, 1.54) is 32.4 Å². The molecule has 2 saturated heterocycles. The molecule has 2 bridgehead atoms. The monoisotopic (exact) mass is 502 g/mol. The first-order valence-corrected chi connectivity index (χ1v) is 12.1. The first-order valence-electron chi connectivity index (χ1n) is 12.1. The fraction of sp³-hybridized carbons (Fsp3) is 0.321. The van der Waals surface area contributed by atoms with E-state index in [1.54, 1.807) is 24.3 Å². The summed E-state index contributed by atoms with van der Waals surface area (Å²) in [6.07, 6.45) is 3.30. The predicted molar refractivity (Wildman–Crippen MR) is 136 cm³/mol. The molecule has 1 amide bonds. The largest absolute Gasteiger partial charge is 0.504 e. The number of nitrogens with zero attached hydrogens (tertiary/aromatic N) is 3. The Morgan fingerprint density at radius 3 is 2.35 bits per heavy atom. The van der Waals surface area contributed by atoms with Gasteiger partial charge < -0.3 is 25.2 Å². The summed E-state index contributed by atoms with van der Waals surface area (Å²) >= 11 is 0. The molecule has 0 saturated carbocycles. The zero-order valence-corrected chi connectivity index (χ0v) is 20.6. The SMILES string of the molecule is [C-]#[N+]c1ccc(-c2nc(C(=O)N3C4CCC3CC(N)C4)cc(OC)c2-c2ccc(OC)c(O)c2)cc1F. The minimum Gasteiger partial charge on any atom is -0.504 e. The van der Waals surface area contributed by atoms with Crippen LogP contribution in [0.25, 0.3) is 27.2 Å². The number of piperidine rings is 1. The number of methoxy groups -OCH3 is 2. The molecule has 2 aliphatic heterocycles. The highest BCUT2D eigenvalue weighted by molar-refractivity contribution is 5.97. The first kappa shape index (κ1) is 24.5. The highest BCUT2D eigenvalue weighted by Crippen LogP contribution is 2.43. The van der Waals surface area contributed by atoms with Crippen LogP contribution in [0.2, 0.25) is 0 Å². The van der Waals surface area contributed by atoms with Crippen LogP contribution < -0.4 is 15.2 Å². The van der Waals surface area contributed by atoms with Crippen LogP contribution in [0.3, 0.4) is 0 Å². The average Bonchev–Trinajstić information content (AvgIpc) is 3.17. The lowest BCUT2D eigenvalue weighted by Crippen LogP contribution is -2.50. The van der Waals surface area contributed by atoms with Crippen molar-refractivity contribution in [2.75, 3.05) is 14.2 Å². The molecule has 2 fully saturated rings. The smallest absolute Gasteiger partial charge is 0.273 e. The van der Waals surface area contributed by atoms with Gasteiger partial charge in [0.05, 0.1) is 32.0 Å². The molecule has 2 aromatic carbocycles. The van der Waals surface area contributed by atoms with Gasteiger partial charge in [-0.25, -0.2) is 14.2 Å². The van der Waals surface area contributed by atoms with Gasteiger partial charge >= 0.3 is 0 Å². The van der Waals surface area contributed by atoms with E-state index in [-0.39, 0.29) is 46.9 Å². The third kappa shape index (κ3) is 4.34. The number of rotatable bonds is 5. The minimum atomic E-state index is -0.698. The second-order valence-electron chi connectivity index (χ2n) is 9.43. The number of fused-ring (bicyclic) bond motifs is 2. The third-order valence-corrected chi connectivity index (χ3v) is 7.24. The van der Waals surface area contributed by atoms with E-state index >= 15 is 0 Å². The van der Waals surface area contributed by atoms with E-state index in [9.17, 15) is 14.3 Å². The summed E-state index contributed by atoms with van der Waals surface area (Å²) in [4.78, 5) is 23.6. The van der Waals surface area contributed by atoms with Crippen molar-refractivity contribution in [2.45, 2.75) is 43.8 Å². The molecule has 0 aliphatic carbocycles. The average molecular weight is 503 g/mol. The van der Waals surface area contributed by atoms with Gasteiger partial charge in [-0.3, -0.25) is 4.79 Å². The summed E-state index contributed by atoms with van der Waals surface area (Å²) in [5.74, 6) is -0.384. The molecule has 3 N–H and O–H groups in total. The van der Waals surface area contributed by atoms with Crippen molar-refractivity contribution in [3.05, 3.63) is 65.4 Å². The Hall–Kier alpha value is -4.16. The summed E-state index contributed by atoms with van der Waals surface area (Å²) in [5, 5.41) is 10.4. The highest BCUT2D eigenvalue weighted by Gasteiger charge is 2.43. The van der Waals surface area contributed by atoms with Crippen LogP contribution in [0.1, 0.15) is 36.2 Å². The Morgan fingerprint density at radius 1 is 1.08 bits per heavy atom. The van der Waals surface area contributed by atoms with E-state index in [4.69, 9.17) is 26.8 Å². The Labute approximate surface area is 214 Å². The Bertz CT molecular complexity index is 1410. The predicted octanol–water partition coefficient (Wildman–Crippen LogP) is 4.92. The van der Waals surface area contributed by atoms with Gasteiger partial charge in [0.2, 0.25) is 5.69 Å². The molecule has 2 atom stereocenters. The standard InChI is InChI=1S/C28H27FN4O4/c1-31-21-8-4-16(10-20(21)29)27-26(15-5-9-24(36-2)23(34)11-15)25(37-3)14-22(32-27)28(35)33-18-6-7-19(33)13-17(30)12-18/h4-5,8-11,14,17-19,34H,6-7,12-13,30H2,2-3H3. The van der Waals surface area contributed by atoms with E-state index in [0.717, 1.165) is 25.7 Å². The maximum absolute atomic E-state index is 14.7. The van der Waals surface area contributed by atoms with Crippen LogP contribution in [0.15, 0.2) is 42.5 Å². The Kier molecular flexibility index (Phi) is 6.44. The number of amides is 1. The molecule has 3 aromatic rings. The number of benzene rings is 2. The zero-order valence-electron chi connectivity index (χ0n) is 20.6. The molecule has 0 spiro atoms. The molecular weight excluding hydrogens is 475 g/mol. The number of hydrogen-bond donors (Lipinski definition) is 2. The normalized spacial score (nSPS) is 20.4. The zero-order chi connectivity index (χ0) is 26.3. The van der Waals surface area contributed by atoms with Gasteiger partial charge in [-0.2, -0.15) is 0 Å². The van der Waals surface area contributed by atoms with Gasteiger partial charge in [-0.1, -0.05) is 18.2 Å². The summed E-state index contributed by atoms with van der Waals surface area (Å²) in [7, 11) is 2.93. The summed E-state index contributed by atoms with van der Waals surface area (Å²) in [6, 6.07) is 10.8. The van der Waals surface area contributed by atoms with Crippen LogP contribution in [-0.4, -0.2) is 53.2 Å². The van der Waals surface area contributed by atoms with Crippen LogP contribution in [0.5, 0.6) is 17.2 Å². The third-order valence-electron chi connectivity index (χ3n) is 7.24. The van der Waals surface area contributed by atoms with Crippen molar-refractivity contribution < 1.29 is 23.8 Å². The van der Waals surface area contributed by atoms with Crippen LogP contribution in [-0.2, 0) is 0 Å². The quantitative estimate of drug-likeness (QED) is 0.480. The van der Waals surface area contributed by atoms with Gasteiger partial charge in [-0.05, 0) is 49.4 Å². The number of ether oxygens (including phenoxy) is 2. The molecule has 3 heterocycles. The number of carbonyl (C=O) groups excluding carboxylic acids is 1. The van der Waals surface area contributed by atoms with Crippen molar-refractivity contribution in [1.82, 2.24) is 9.88 Å². The van der Waals surface area contributed by atoms with Crippen molar-refractivity contribution in [2.24, 2.45) is 5.73 Å². The molecule has 2 aliphatic rings. The molecule has 37 heavy (non-hydrogen) atoms. The van der Waals surface area contributed by atoms with E-state index < -0.39 is 5.82 Å². The number of halogens is 1. The minimum absolute atomic E-state index is 0.0612. The molecule has 0 radical (unpaired) electrons. The topological polar surface area (TPSA) is 102 Å². The highest BCUT2D eigenvalue weighted by atomic mass is 19.1. The van der Waals surface area contributed by atoms with Gasteiger partial charge in [0, 0.05) is 29.8 Å². The van der Waals surface area contributed by atoms with Crippen molar-refractivity contribution >= 4 is 11.6 Å². The number of carbonyl (C=O) groups is 1. The van der Waals surface area contributed by atoms with Crippen molar-refractivity contribution in [3.63, 3.8) is 0 Å². The van der Waals surface area contributed by atoms with Gasteiger partial charge in [-0.15, -0.1) is 0 Å². The van der Waals surface area contributed by atoms with Gasteiger partial charge in [0.15, 0.2) is 11.5 Å². The summed E-state index contributed by atoms with van der Waals surface area (Å²) in [6.45, 7) is 7.17. The lowest BCUT2D eigenvalue weighted by Gasteiger charge is -2.37. The maximum atomic E-state index is 14.7. The molecule has 8 nitrogen and oxygen atoms in total. The number of phenolic OH excluding ortho intramolecular Hbond substituents is 1. The van der Waals surface area contributed by atoms with E-state index in [1.807, 2.05) is 4.90 Å². The molecule has 1 aromatic heterocycles. The number of pyridine rings is 1. The second-order valence-corrected chi connectivity index (χ2v) is 9.43. The molecule has 5 rings (SSSR count). The molecule has 2 unspecified atom stereocenters. The summed E-state index contributed by atoms with van der Waals surface area (Å²) < 4.78 is 25.6. The molecule has 9 heteroatoms. The lowest BCUT2D eigenvalue weighted by atomic mass is 9.95. The number of nitrogens with two attached hydrogens (primary N) is 1. The number of aromatic nitrogens is 1. The number of phenols is 1. The lowest BCUT2D eigenvalue weighted by molar-refractivity contribution is 0.0568. The fourth-order valence-corrected chi connectivity index (χ4v) is 5.55. The maximum Gasteiger partial charge on any atom is 0.273 e. The van der Waals surface area contributed by atoms with Gasteiger partial charge in [0.25, 0.3) is 5.91 Å². The van der Waals surface area contributed by atoms with E-state index in [0.29, 0.717) is 28.1 Å². The molecular formula is C28H27FN4O4. The number of hydrogen-bond acceptors (Lipinski definition) is 6. The number of aromatic hydroxyl groups is 1.